The molecule has 0 aliphatic rings. The van der Waals surface area contributed by atoms with E-state index in [1.54, 1.807) is 22.7 Å². The molecule has 2 aromatic heterocycles. The number of nitrogens with zero attached hydrogens (tertiary/aromatic N) is 1. The smallest absolute Gasteiger partial charge is 0.134 e. The molecule has 2 nitrogen and oxygen atoms in total. The SMILES string of the molecule is CCCNC(C)c1sc(-c2cc(Br)c(Cl)s2)nc1C. The Morgan fingerprint density at radius 1 is 1.47 bits per heavy atom. The molecule has 0 aliphatic carbocycles. The molecule has 0 saturated carbocycles. The normalized spacial score (nSPS) is 12.9. The first kappa shape index (κ1) is 15.4. The van der Waals surface area contributed by atoms with Crippen molar-refractivity contribution in [2.75, 3.05) is 6.54 Å². The average molecular weight is 380 g/mol. The van der Waals surface area contributed by atoms with Crippen LogP contribution in [-0.2, 0) is 0 Å². The third kappa shape index (κ3) is 3.58. The fourth-order valence-corrected chi connectivity index (χ4v) is 4.66. The van der Waals surface area contributed by atoms with Gasteiger partial charge < -0.3 is 5.32 Å². The van der Waals surface area contributed by atoms with Crippen LogP contribution in [0.5, 0.6) is 0 Å². The van der Waals surface area contributed by atoms with Gasteiger partial charge in [-0.25, -0.2) is 4.98 Å². The summed E-state index contributed by atoms with van der Waals surface area (Å²) in [6.07, 6.45) is 1.14. The molecule has 0 radical (unpaired) electrons. The Morgan fingerprint density at radius 2 is 2.21 bits per heavy atom. The lowest BCUT2D eigenvalue weighted by Crippen LogP contribution is -2.18. The minimum Gasteiger partial charge on any atom is -0.309 e. The Morgan fingerprint density at radius 3 is 2.79 bits per heavy atom. The molecule has 0 spiro atoms. The van der Waals surface area contributed by atoms with Gasteiger partial charge in [-0.2, -0.15) is 0 Å². The van der Waals surface area contributed by atoms with Crippen molar-refractivity contribution in [3.63, 3.8) is 0 Å². The highest BCUT2D eigenvalue weighted by molar-refractivity contribution is 9.10. The number of thiophene rings is 1. The average Bonchev–Trinajstić information content (AvgIpc) is 2.91. The number of hydrogen-bond donors (Lipinski definition) is 1. The van der Waals surface area contributed by atoms with E-state index in [0.29, 0.717) is 6.04 Å². The zero-order chi connectivity index (χ0) is 14.0. The van der Waals surface area contributed by atoms with Crippen molar-refractivity contribution in [3.8, 4) is 9.88 Å². The number of nitrogens with one attached hydrogen (secondary N) is 1. The third-order valence-electron chi connectivity index (χ3n) is 2.78. The van der Waals surface area contributed by atoms with Gasteiger partial charge in [-0.3, -0.25) is 0 Å². The van der Waals surface area contributed by atoms with Crippen LogP contribution in [0.25, 0.3) is 9.88 Å². The number of rotatable bonds is 5. The van der Waals surface area contributed by atoms with Gasteiger partial charge in [0, 0.05) is 15.4 Å². The van der Waals surface area contributed by atoms with Gasteiger partial charge >= 0.3 is 0 Å². The predicted octanol–water partition coefficient (Wildman–Crippen LogP) is 5.66. The summed E-state index contributed by atoms with van der Waals surface area (Å²) in [5, 5.41) is 4.56. The number of aryl methyl sites for hydroxylation is 1. The van der Waals surface area contributed by atoms with Gasteiger partial charge in [-0.05, 0) is 48.8 Å². The zero-order valence-corrected chi connectivity index (χ0v) is 15.1. The highest BCUT2D eigenvalue weighted by Gasteiger charge is 2.16. The molecule has 1 unspecified atom stereocenters. The largest absolute Gasteiger partial charge is 0.309 e. The Balaban J connectivity index is 2.25. The van der Waals surface area contributed by atoms with Crippen molar-refractivity contribution in [1.82, 2.24) is 10.3 Å². The van der Waals surface area contributed by atoms with Crippen LogP contribution < -0.4 is 5.32 Å². The molecule has 0 saturated heterocycles. The van der Waals surface area contributed by atoms with Crippen LogP contribution in [0.1, 0.15) is 36.9 Å². The van der Waals surface area contributed by atoms with Crippen LogP contribution in [0.3, 0.4) is 0 Å². The van der Waals surface area contributed by atoms with E-state index in [-0.39, 0.29) is 0 Å². The Hall–Kier alpha value is 0.0600. The molecule has 0 aliphatic heterocycles. The predicted molar refractivity (Wildman–Crippen MR) is 89.6 cm³/mol. The second-order valence-electron chi connectivity index (χ2n) is 4.38. The summed E-state index contributed by atoms with van der Waals surface area (Å²) in [5.41, 5.74) is 1.11. The molecule has 0 fully saturated rings. The van der Waals surface area contributed by atoms with Crippen LogP contribution in [0, 0.1) is 6.92 Å². The highest BCUT2D eigenvalue weighted by Crippen LogP contribution is 2.41. The van der Waals surface area contributed by atoms with Crippen molar-refractivity contribution in [1.29, 1.82) is 0 Å². The van der Waals surface area contributed by atoms with Crippen molar-refractivity contribution < 1.29 is 0 Å². The summed E-state index contributed by atoms with van der Waals surface area (Å²) in [7, 11) is 0. The molecule has 104 valence electrons. The van der Waals surface area contributed by atoms with Crippen LogP contribution in [0.4, 0.5) is 0 Å². The van der Waals surface area contributed by atoms with E-state index in [2.05, 4.69) is 47.0 Å². The van der Waals surface area contributed by atoms with Crippen LogP contribution in [0.2, 0.25) is 4.34 Å². The summed E-state index contributed by atoms with van der Waals surface area (Å²) in [5.74, 6) is 0. The van der Waals surface area contributed by atoms with Gasteiger partial charge in [-0.15, -0.1) is 22.7 Å². The standard InChI is InChI=1S/C13H16BrClN2S2/c1-4-5-16-7(2)11-8(3)17-13(19-11)10-6-9(14)12(15)18-10/h6-7,16H,4-5H2,1-3H3. The van der Waals surface area contributed by atoms with Gasteiger partial charge in [-0.1, -0.05) is 18.5 Å². The van der Waals surface area contributed by atoms with E-state index in [1.807, 2.05) is 6.07 Å². The van der Waals surface area contributed by atoms with E-state index in [0.717, 1.165) is 37.4 Å². The molecule has 2 heterocycles. The van der Waals surface area contributed by atoms with E-state index in [1.165, 1.54) is 4.88 Å². The molecule has 0 aromatic carbocycles. The van der Waals surface area contributed by atoms with Gasteiger partial charge in [0.25, 0.3) is 0 Å². The molecule has 0 amide bonds. The van der Waals surface area contributed by atoms with E-state index < -0.39 is 0 Å². The number of hydrogen-bond acceptors (Lipinski definition) is 4. The number of halogens is 2. The second kappa shape index (κ2) is 6.68. The molecule has 2 rings (SSSR count). The molecule has 6 heteroatoms. The fraction of sp³-hybridized carbons (Fsp3) is 0.462. The Labute approximate surface area is 135 Å². The second-order valence-corrected chi connectivity index (χ2v) is 7.92. The van der Waals surface area contributed by atoms with Crippen LogP contribution in [0.15, 0.2) is 10.5 Å². The number of thiazole rings is 1. The molecule has 1 atom stereocenters. The first-order chi connectivity index (χ1) is 9.02. The summed E-state index contributed by atoms with van der Waals surface area (Å²) in [6.45, 7) is 7.47. The van der Waals surface area contributed by atoms with Gasteiger partial charge in [0.15, 0.2) is 0 Å². The molecular formula is C13H16BrClN2S2. The quantitative estimate of drug-likeness (QED) is 0.725. The zero-order valence-electron chi connectivity index (χ0n) is 11.1. The lowest BCUT2D eigenvalue weighted by molar-refractivity contribution is 0.575. The minimum atomic E-state index is 0.352. The summed E-state index contributed by atoms with van der Waals surface area (Å²) in [4.78, 5) is 7.11. The summed E-state index contributed by atoms with van der Waals surface area (Å²) >= 11 is 12.9. The monoisotopic (exact) mass is 378 g/mol. The van der Waals surface area contributed by atoms with Crippen molar-refractivity contribution in [2.45, 2.75) is 33.2 Å². The molecular weight excluding hydrogens is 364 g/mol. The molecule has 0 bridgehead atoms. The van der Waals surface area contributed by atoms with E-state index in [4.69, 9.17) is 11.6 Å². The molecule has 19 heavy (non-hydrogen) atoms. The first-order valence-corrected chi connectivity index (χ1v) is 8.99. The van der Waals surface area contributed by atoms with Gasteiger partial charge in [0.2, 0.25) is 0 Å². The van der Waals surface area contributed by atoms with Crippen LogP contribution in [-0.4, -0.2) is 11.5 Å². The lowest BCUT2D eigenvalue weighted by atomic mass is 10.2. The van der Waals surface area contributed by atoms with Crippen molar-refractivity contribution in [2.24, 2.45) is 0 Å². The van der Waals surface area contributed by atoms with E-state index >= 15 is 0 Å². The molecule has 1 N–H and O–H groups in total. The van der Waals surface area contributed by atoms with Crippen LogP contribution >= 0.6 is 50.2 Å². The van der Waals surface area contributed by atoms with Crippen molar-refractivity contribution in [3.05, 3.63) is 25.4 Å². The third-order valence-corrected chi connectivity index (χ3v) is 6.77. The minimum absolute atomic E-state index is 0.352. The van der Waals surface area contributed by atoms with Gasteiger partial charge in [0.05, 0.1) is 10.6 Å². The van der Waals surface area contributed by atoms with E-state index in [9.17, 15) is 0 Å². The number of aromatic nitrogens is 1. The Bertz CT molecular complexity index is 545. The van der Waals surface area contributed by atoms with Gasteiger partial charge in [0.1, 0.15) is 9.34 Å². The highest BCUT2D eigenvalue weighted by atomic mass is 79.9. The first-order valence-electron chi connectivity index (χ1n) is 6.18. The maximum absolute atomic E-state index is 6.09. The maximum atomic E-state index is 6.09. The Kier molecular flexibility index (Phi) is 5.43. The topological polar surface area (TPSA) is 24.9 Å². The lowest BCUT2D eigenvalue weighted by Gasteiger charge is -2.11. The van der Waals surface area contributed by atoms with Crippen molar-refractivity contribution >= 4 is 50.2 Å². The maximum Gasteiger partial charge on any atom is 0.134 e. The summed E-state index contributed by atoms with van der Waals surface area (Å²) in [6, 6.07) is 2.39. The summed E-state index contributed by atoms with van der Waals surface area (Å²) < 4.78 is 1.72. The fourth-order valence-electron chi connectivity index (χ4n) is 1.82. The molecule has 2 aromatic rings.